The van der Waals surface area contributed by atoms with Gasteiger partial charge in [-0.3, -0.25) is 4.79 Å². The Kier molecular flexibility index (Phi) is 4.57. The first-order valence-electron chi connectivity index (χ1n) is 7.04. The van der Waals surface area contributed by atoms with Gasteiger partial charge in [-0.05, 0) is 24.3 Å². The topological polar surface area (TPSA) is 77.0 Å². The van der Waals surface area contributed by atoms with E-state index in [2.05, 4.69) is 15.2 Å². The molecule has 0 unspecified atom stereocenters. The van der Waals surface area contributed by atoms with Crippen LogP contribution in [0.3, 0.4) is 0 Å². The molecule has 1 atom stereocenters. The fraction of sp³-hybridized carbons (Fsp3) is 0.188. The minimum Gasteiger partial charge on any atom is -0.465 e. The van der Waals surface area contributed by atoms with Crippen LogP contribution in [-0.2, 0) is 14.4 Å². The molecule has 0 radical (unpaired) electrons. The van der Waals surface area contributed by atoms with Crippen LogP contribution in [0.4, 0.5) is 9.39 Å². The average Bonchev–Trinajstić information content (AvgIpc) is 3.23. The summed E-state index contributed by atoms with van der Waals surface area (Å²) in [5.74, 6) is -1.23. The van der Waals surface area contributed by atoms with Crippen LogP contribution in [0.25, 0.3) is 0 Å². The number of carbonyl (C=O) groups is 2. The maximum absolute atomic E-state index is 13.2. The number of carbonyl (C=O) groups excluding carboxylic acids is 2. The molecule has 0 saturated heterocycles. The molecule has 1 aromatic heterocycles. The summed E-state index contributed by atoms with van der Waals surface area (Å²) >= 11 is 1.10. The zero-order valence-corrected chi connectivity index (χ0v) is 13.4. The largest absolute Gasteiger partial charge is 0.465 e. The summed E-state index contributed by atoms with van der Waals surface area (Å²) in [5.41, 5.74) is 1.09. The lowest BCUT2D eigenvalue weighted by atomic mass is 10.0. The third-order valence-electron chi connectivity index (χ3n) is 3.36. The Hall–Kier alpha value is -2.74. The van der Waals surface area contributed by atoms with Gasteiger partial charge in [-0.2, -0.15) is 0 Å². The highest BCUT2D eigenvalue weighted by Gasteiger charge is 2.29. The van der Waals surface area contributed by atoms with E-state index in [-0.39, 0.29) is 18.1 Å². The molecule has 1 aliphatic heterocycles. The van der Waals surface area contributed by atoms with Gasteiger partial charge in [0.25, 0.3) is 5.91 Å². The number of ether oxygens (including phenoxy) is 1. The highest BCUT2D eigenvalue weighted by Crippen LogP contribution is 2.24. The molecule has 0 bridgehead atoms. The van der Waals surface area contributed by atoms with Gasteiger partial charge in [0, 0.05) is 12.0 Å². The molecular weight excluding hydrogens is 335 g/mol. The molecule has 124 valence electrons. The number of esters is 1. The lowest BCUT2D eigenvalue weighted by Crippen LogP contribution is -2.27. The van der Waals surface area contributed by atoms with Gasteiger partial charge >= 0.3 is 5.97 Å². The van der Waals surface area contributed by atoms with Crippen molar-refractivity contribution in [1.29, 1.82) is 0 Å². The van der Waals surface area contributed by atoms with Crippen LogP contribution in [0.2, 0.25) is 0 Å². The van der Waals surface area contributed by atoms with Crippen LogP contribution >= 0.6 is 11.3 Å². The first-order valence-corrected chi connectivity index (χ1v) is 7.86. The maximum atomic E-state index is 13.2. The Bertz CT molecular complexity index is 818. The Morgan fingerprint density at radius 1 is 1.38 bits per heavy atom. The number of anilines is 1. The second-order valence-electron chi connectivity index (χ2n) is 4.99. The van der Waals surface area contributed by atoms with E-state index in [0.717, 1.165) is 11.3 Å². The van der Waals surface area contributed by atoms with Crippen molar-refractivity contribution in [2.75, 3.05) is 12.4 Å². The van der Waals surface area contributed by atoms with Gasteiger partial charge in [-0.15, -0.1) is 11.3 Å². The van der Waals surface area contributed by atoms with Crippen LogP contribution < -0.4 is 5.32 Å². The second kappa shape index (κ2) is 6.79. The maximum Gasteiger partial charge on any atom is 0.348 e. The summed E-state index contributed by atoms with van der Waals surface area (Å²) in [6.07, 6.45) is -0.559. The zero-order chi connectivity index (χ0) is 17.1. The van der Waals surface area contributed by atoms with E-state index >= 15 is 0 Å². The number of thiophene rings is 1. The predicted molar refractivity (Wildman–Crippen MR) is 86.7 cm³/mol. The van der Waals surface area contributed by atoms with Crippen molar-refractivity contribution < 1.29 is 23.6 Å². The molecule has 0 saturated carbocycles. The Balaban J connectivity index is 1.61. The molecular formula is C16H13FN2O4S. The average molecular weight is 348 g/mol. The highest BCUT2D eigenvalue weighted by atomic mass is 32.1. The van der Waals surface area contributed by atoms with Gasteiger partial charge in [-0.1, -0.05) is 17.3 Å². The summed E-state index contributed by atoms with van der Waals surface area (Å²) in [7, 11) is 1.29. The van der Waals surface area contributed by atoms with E-state index in [0.29, 0.717) is 21.2 Å². The molecule has 1 amide bonds. The summed E-state index contributed by atoms with van der Waals surface area (Å²) in [5, 5.41) is 7.03. The van der Waals surface area contributed by atoms with Gasteiger partial charge in [0.15, 0.2) is 0 Å². The van der Waals surface area contributed by atoms with Crippen molar-refractivity contribution >= 4 is 33.9 Å². The number of hydrogen-bond donors (Lipinski definition) is 1. The van der Waals surface area contributed by atoms with Crippen molar-refractivity contribution in [2.24, 2.45) is 5.16 Å². The van der Waals surface area contributed by atoms with E-state index in [9.17, 15) is 14.0 Å². The molecule has 24 heavy (non-hydrogen) atoms. The quantitative estimate of drug-likeness (QED) is 0.862. The molecule has 1 aromatic carbocycles. The summed E-state index contributed by atoms with van der Waals surface area (Å²) in [6, 6.07) is 9.12. The van der Waals surface area contributed by atoms with E-state index in [1.54, 1.807) is 24.3 Å². The molecule has 3 rings (SSSR count). The van der Waals surface area contributed by atoms with Gasteiger partial charge < -0.3 is 14.9 Å². The van der Waals surface area contributed by atoms with Crippen LogP contribution in [0.15, 0.2) is 41.6 Å². The third-order valence-corrected chi connectivity index (χ3v) is 4.34. The van der Waals surface area contributed by atoms with Gasteiger partial charge in [-0.25, -0.2) is 9.18 Å². The van der Waals surface area contributed by atoms with Crippen LogP contribution in [-0.4, -0.2) is 30.8 Å². The summed E-state index contributed by atoms with van der Waals surface area (Å²) in [6.45, 7) is 0. The van der Waals surface area contributed by atoms with Crippen LogP contribution in [0.5, 0.6) is 0 Å². The molecule has 8 heteroatoms. The fourth-order valence-electron chi connectivity index (χ4n) is 2.17. The Morgan fingerprint density at radius 3 is 2.96 bits per heavy atom. The first-order chi connectivity index (χ1) is 11.6. The SMILES string of the molecule is COC(=O)c1ccc(NC(=O)[C@H]2CC(c3cccc(F)c3)=NO2)s1. The number of methoxy groups -OCH3 is 1. The molecule has 1 N–H and O–H groups in total. The number of halogens is 1. The standard InChI is InChI=1S/C16H13FN2O4S/c1-22-16(21)13-5-6-14(24-13)18-15(20)12-8-11(19-23-12)9-3-2-4-10(17)7-9/h2-7,12H,8H2,1H3,(H,18,20)/t12-/m1/s1. The summed E-state index contributed by atoms with van der Waals surface area (Å²) in [4.78, 5) is 29.1. The number of hydrogen-bond acceptors (Lipinski definition) is 6. The van der Waals surface area contributed by atoms with Crippen LogP contribution in [0, 0.1) is 5.82 Å². The molecule has 0 spiro atoms. The normalized spacial score (nSPS) is 16.2. The Labute approximate surface area is 140 Å². The number of nitrogens with zero attached hydrogens (tertiary/aromatic N) is 1. The number of amides is 1. The van der Waals surface area contributed by atoms with Gasteiger partial charge in [0.2, 0.25) is 6.10 Å². The van der Waals surface area contributed by atoms with Crippen molar-refractivity contribution in [3.05, 3.63) is 52.7 Å². The third kappa shape index (κ3) is 3.43. The van der Waals surface area contributed by atoms with Gasteiger partial charge in [0.1, 0.15) is 10.7 Å². The number of nitrogens with one attached hydrogen (secondary N) is 1. The minimum atomic E-state index is -0.799. The number of benzene rings is 1. The summed E-state index contributed by atoms with van der Waals surface area (Å²) < 4.78 is 17.9. The molecule has 1 aliphatic rings. The van der Waals surface area contributed by atoms with Crippen molar-refractivity contribution in [3.63, 3.8) is 0 Å². The number of rotatable bonds is 4. The lowest BCUT2D eigenvalue weighted by molar-refractivity contribution is -0.125. The van der Waals surface area contributed by atoms with Crippen molar-refractivity contribution in [3.8, 4) is 0 Å². The van der Waals surface area contributed by atoms with Gasteiger partial charge in [0.05, 0.1) is 17.8 Å². The monoisotopic (exact) mass is 348 g/mol. The zero-order valence-electron chi connectivity index (χ0n) is 12.6. The second-order valence-corrected chi connectivity index (χ2v) is 6.08. The predicted octanol–water partition coefficient (Wildman–Crippen LogP) is 2.81. The number of oxime groups is 1. The molecule has 6 nitrogen and oxygen atoms in total. The molecule has 0 aliphatic carbocycles. The molecule has 0 fully saturated rings. The van der Waals surface area contributed by atoms with E-state index < -0.39 is 12.1 Å². The van der Waals surface area contributed by atoms with Crippen LogP contribution in [0.1, 0.15) is 21.7 Å². The van der Waals surface area contributed by atoms with Crippen molar-refractivity contribution in [1.82, 2.24) is 0 Å². The van der Waals surface area contributed by atoms with E-state index in [1.807, 2.05) is 0 Å². The van der Waals surface area contributed by atoms with E-state index in [4.69, 9.17) is 4.84 Å². The van der Waals surface area contributed by atoms with E-state index in [1.165, 1.54) is 19.2 Å². The first kappa shape index (κ1) is 16.1. The fourth-order valence-corrected chi connectivity index (χ4v) is 3.00. The minimum absolute atomic E-state index is 0.241. The molecule has 2 heterocycles. The lowest BCUT2D eigenvalue weighted by Gasteiger charge is -2.07. The smallest absolute Gasteiger partial charge is 0.348 e. The Morgan fingerprint density at radius 2 is 2.21 bits per heavy atom. The van der Waals surface area contributed by atoms with Crippen molar-refractivity contribution in [2.45, 2.75) is 12.5 Å². The highest BCUT2D eigenvalue weighted by molar-refractivity contribution is 7.18. The molecule has 2 aromatic rings.